The molecule has 0 atom stereocenters. The van der Waals surface area contributed by atoms with Gasteiger partial charge in [-0.05, 0) is 82.0 Å². The molecule has 0 heterocycles. The minimum atomic E-state index is 0.421. The molecule has 2 fully saturated rings. The second-order valence-electron chi connectivity index (χ2n) is 6.89. The summed E-state index contributed by atoms with van der Waals surface area (Å²) in [6.45, 7) is 2.55. The van der Waals surface area contributed by atoms with Crippen LogP contribution in [-0.4, -0.2) is 11.7 Å². The Hall–Kier alpha value is -0.300. The summed E-state index contributed by atoms with van der Waals surface area (Å²) >= 11 is 0. The lowest BCUT2D eigenvalue weighted by atomic mass is 9.69. The Balaban J connectivity index is 1.66. The molecule has 0 aromatic carbocycles. The van der Waals surface area contributed by atoms with E-state index in [-0.39, 0.29) is 0 Å². The molecule has 0 amide bonds. The first-order chi connectivity index (χ1) is 9.33. The van der Waals surface area contributed by atoms with Gasteiger partial charge in [-0.2, -0.15) is 0 Å². The number of aliphatic hydroxyl groups excluding tert-OH is 1. The van der Waals surface area contributed by atoms with Crippen molar-refractivity contribution >= 4 is 0 Å². The van der Waals surface area contributed by atoms with E-state index in [1.807, 2.05) is 0 Å². The first-order valence-electron chi connectivity index (χ1n) is 8.55. The molecule has 0 bridgehead atoms. The molecule has 0 saturated heterocycles. The standard InChI is InChI=1S/C18H32O/c1-2-3-4-5-15-6-10-17(11-7-15)18-12-8-16(14-19)9-13-18/h2-3,15-19H,4-14H2,1H3/b3-2+/t15-,16?,17-,18?. The summed E-state index contributed by atoms with van der Waals surface area (Å²) in [4.78, 5) is 0. The zero-order valence-electron chi connectivity index (χ0n) is 12.7. The summed E-state index contributed by atoms with van der Waals surface area (Å²) in [6.07, 6.45) is 18.5. The van der Waals surface area contributed by atoms with Gasteiger partial charge in [0, 0.05) is 6.61 Å². The van der Waals surface area contributed by atoms with E-state index in [1.54, 1.807) is 0 Å². The maximum absolute atomic E-state index is 9.22. The van der Waals surface area contributed by atoms with Gasteiger partial charge >= 0.3 is 0 Å². The largest absolute Gasteiger partial charge is 0.396 e. The van der Waals surface area contributed by atoms with Gasteiger partial charge in [-0.15, -0.1) is 0 Å². The Bertz CT molecular complexity index is 255. The molecule has 1 N–H and O–H groups in total. The zero-order chi connectivity index (χ0) is 13.5. The summed E-state index contributed by atoms with van der Waals surface area (Å²) in [6, 6.07) is 0. The van der Waals surface area contributed by atoms with Crippen LogP contribution >= 0.6 is 0 Å². The Labute approximate surface area is 119 Å². The number of aliphatic hydroxyl groups is 1. The van der Waals surface area contributed by atoms with Crippen molar-refractivity contribution in [3.63, 3.8) is 0 Å². The van der Waals surface area contributed by atoms with Gasteiger partial charge in [-0.1, -0.05) is 25.0 Å². The molecule has 2 rings (SSSR count). The third-order valence-corrected chi connectivity index (χ3v) is 5.68. The molecule has 2 aliphatic rings. The Morgan fingerprint density at radius 3 is 1.84 bits per heavy atom. The lowest BCUT2D eigenvalue weighted by Crippen LogP contribution is -2.26. The highest BCUT2D eigenvalue weighted by atomic mass is 16.3. The van der Waals surface area contributed by atoms with Crippen molar-refractivity contribution in [1.82, 2.24) is 0 Å². The van der Waals surface area contributed by atoms with Crippen molar-refractivity contribution in [2.45, 2.75) is 71.1 Å². The van der Waals surface area contributed by atoms with Crippen LogP contribution in [0, 0.1) is 23.7 Å². The van der Waals surface area contributed by atoms with E-state index < -0.39 is 0 Å². The van der Waals surface area contributed by atoms with Crippen molar-refractivity contribution in [3.8, 4) is 0 Å². The highest BCUT2D eigenvalue weighted by Gasteiger charge is 2.30. The van der Waals surface area contributed by atoms with Gasteiger partial charge in [0.1, 0.15) is 0 Å². The summed E-state index contributed by atoms with van der Waals surface area (Å²) in [7, 11) is 0. The Morgan fingerprint density at radius 1 is 0.842 bits per heavy atom. The maximum Gasteiger partial charge on any atom is 0.0459 e. The van der Waals surface area contributed by atoms with Crippen molar-refractivity contribution in [2.75, 3.05) is 6.61 Å². The van der Waals surface area contributed by atoms with Gasteiger partial charge in [0.15, 0.2) is 0 Å². The molecule has 1 heteroatoms. The molecule has 0 aromatic rings. The van der Waals surface area contributed by atoms with Crippen LogP contribution in [0.3, 0.4) is 0 Å². The van der Waals surface area contributed by atoms with Crippen molar-refractivity contribution in [1.29, 1.82) is 0 Å². The SMILES string of the molecule is C/C=C/CC[C@H]1CC[C@H](C2CCC(CO)CC2)CC1. The van der Waals surface area contributed by atoms with E-state index in [0.717, 1.165) is 17.8 Å². The topological polar surface area (TPSA) is 20.2 Å². The molecule has 110 valence electrons. The number of hydrogen-bond donors (Lipinski definition) is 1. The van der Waals surface area contributed by atoms with Crippen molar-refractivity contribution in [2.24, 2.45) is 23.7 Å². The molecule has 19 heavy (non-hydrogen) atoms. The lowest BCUT2D eigenvalue weighted by Gasteiger charge is -2.37. The highest BCUT2D eigenvalue weighted by Crippen LogP contribution is 2.42. The molecule has 0 aromatic heterocycles. The molecule has 1 nitrogen and oxygen atoms in total. The fourth-order valence-corrected chi connectivity index (χ4v) is 4.29. The normalized spacial score (nSPS) is 36.7. The Morgan fingerprint density at radius 2 is 1.37 bits per heavy atom. The van der Waals surface area contributed by atoms with Crippen molar-refractivity contribution in [3.05, 3.63) is 12.2 Å². The van der Waals surface area contributed by atoms with E-state index in [2.05, 4.69) is 19.1 Å². The van der Waals surface area contributed by atoms with Gasteiger partial charge < -0.3 is 5.11 Å². The quantitative estimate of drug-likeness (QED) is 0.697. The molecule has 2 aliphatic carbocycles. The minimum Gasteiger partial charge on any atom is -0.396 e. The average Bonchev–Trinajstić information content (AvgIpc) is 2.48. The van der Waals surface area contributed by atoms with Crippen LogP contribution in [-0.2, 0) is 0 Å². The van der Waals surface area contributed by atoms with Gasteiger partial charge in [-0.25, -0.2) is 0 Å². The molecule has 2 saturated carbocycles. The van der Waals surface area contributed by atoms with E-state index in [0.29, 0.717) is 12.5 Å². The molecule has 0 aliphatic heterocycles. The molecule has 0 radical (unpaired) electrons. The maximum atomic E-state index is 9.22. The molecular formula is C18H32O. The molecular weight excluding hydrogens is 232 g/mol. The fraction of sp³-hybridized carbons (Fsp3) is 0.889. The van der Waals surface area contributed by atoms with Crippen LogP contribution < -0.4 is 0 Å². The Kier molecular flexibility index (Phi) is 6.43. The third kappa shape index (κ3) is 4.63. The van der Waals surface area contributed by atoms with Crippen LogP contribution in [0.1, 0.15) is 71.1 Å². The fourth-order valence-electron chi connectivity index (χ4n) is 4.29. The van der Waals surface area contributed by atoms with Crippen LogP contribution in [0.4, 0.5) is 0 Å². The van der Waals surface area contributed by atoms with Crippen LogP contribution in [0.2, 0.25) is 0 Å². The predicted octanol–water partition coefficient (Wildman–Crippen LogP) is 4.95. The summed E-state index contributed by atoms with van der Waals surface area (Å²) in [5.41, 5.74) is 0. The first kappa shape index (κ1) is 15.1. The van der Waals surface area contributed by atoms with E-state index in [1.165, 1.54) is 64.2 Å². The van der Waals surface area contributed by atoms with Gasteiger partial charge in [0.25, 0.3) is 0 Å². The van der Waals surface area contributed by atoms with E-state index >= 15 is 0 Å². The van der Waals surface area contributed by atoms with E-state index in [4.69, 9.17) is 0 Å². The van der Waals surface area contributed by atoms with Gasteiger partial charge in [-0.3, -0.25) is 0 Å². The lowest BCUT2D eigenvalue weighted by molar-refractivity contribution is 0.116. The smallest absolute Gasteiger partial charge is 0.0459 e. The first-order valence-corrected chi connectivity index (χ1v) is 8.55. The number of hydrogen-bond acceptors (Lipinski definition) is 1. The highest BCUT2D eigenvalue weighted by molar-refractivity contribution is 4.83. The van der Waals surface area contributed by atoms with Crippen molar-refractivity contribution < 1.29 is 5.11 Å². The minimum absolute atomic E-state index is 0.421. The number of allylic oxidation sites excluding steroid dienone is 2. The van der Waals surface area contributed by atoms with Crippen LogP contribution in [0.5, 0.6) is 0 Å². The summed E-state index contributed by atoms with van der Waals surface area (Å²) in [5.74, 6) is 3.62. The zero-order valence-corrected chi connectivity index (χ0v) is 12.7. The number of rotatable bonds is 5. The van der Waals surface area contributed by atoms with Crippen LogP contribution in [0.25, 0.3) is 0 Å². The van der Waals surface area contributed by atoms with E-state index in [9.17, 15) is 5.11 Å². The van der Waals surface area contributed by atoms with Gasteiger partial charge in [0.05, 0.1) is 0 Å². The van der Waals surface area contributed by atoms with Gasteiger partial charge in [0.2, 0.25) is 0 Å². The summed E-state index contributed by atoms with van der Waals surface area (Å²) < 4.78 is 0. The second-order valence-corrected chi connectivity index (χ2v) is 6.89. The molecule has 0 unspecified atom stereocenters. The predicted molar refractivity (Wildman–Crippen MR) is 82.0 cm³/mol. The molecule has 0 spiro atoms. The van der Waals surface area contributed by atoms with Crippen LogP contribution in [0.15, 0.2) is 12.2 Å². The average molecular weight is 264 g/mol. The monoisotopic (exact) mass is 264 g/mol. The second kappa shape index (κ2) is 8.09. The summed E-state index contributed by atoms with van der Waals surface area (Å²) in [5, 5.41) is 9.22. The third-order valence-electron chi connectivity index (χ3n) is 5.68.